The molecule has 2 N–H and O–H groups in total. The monoisotopic (exact) mass is 345 g/mol. The summed E-state index contributed by atoms with van der Waals surface area (Å²) in [6.07, 6.45) is 0. The van der Waals surface area contributed by atoms with E-state index in [2.05, 4.69) is 38.4 Å². The Kier molecular flexibility index (Phi) is 5.21. The fraction of sp³-hybridized carbons (Fsp3) is 0.462. The molecular weight excluding hydrogens is 330 g/mol. The van der Waals surface area contributed by atoms with E-state index in [-0.39, 0.29) is 5.91 Å². The lowest BCUT2D eigenvalue weighted by atomic mass is 10.2. The molecule has 2 rings (SSSR count). The summed E-state index contributed by atoms with van der Waals surface area (Å²) in [5.41, 5.74) is 0.651. The molecule has 0 radical (unpaired) electrons. The van der Waals surface area contributed by atoms with E-state index in [0.717, 1.165) is 24.1 Å². The zero-order valence-electron chi connectivity index (χ0n) is 10.7. The number of carbonyl (C=O) groups is 1. The molecule has 1 amide bonds. The van der Waals surface area contributed by atoms with Crippen molar-refractivity contribution in [3.8, 4) is 0 Å². The molecule has 1 aromatic carbocycles. The van der Waals surface area contributed by atoms with Gasteiger partial charge in [0.05, 0.1) is 17.3 Å². The van der Waals surface area contributed by atoms with Crippen molar-refractivity contribution in [2.45, 2.75) is 13.0 Å². The van der Waals surface area contributed by atoms with Crippen LogP contribution in [0.3, 0.4) is 0 Å². The van der Waals surface area contributed by atoms with Gasteiger partial charge < -0.3 is 10.6 Å². The summed E-state index contributed by atoms with van der Waals surface area (Å²) in [7, 11) is 0. The molecule has 1 heterocycles. The molecule has 0 spiro atoms. The summed E-state index contributed by atoms with van der Waals surface area (Å²) >= 11 is 9.41. The van der Waals surface area contributed by atoms with Gasteiger partial charge in [-0.25, -0.2) is 0 Å². The number of carbonyl (C=O) groups excluding carboxylic acids is 1. The van der Waals surface area contributed by atoms with Crippen molar-refractivity contribution in [3.05, 3.63) is 27.7 Å². The molecule has 1 aliphatic heterocycles. The summed E-state index contributed by atoms with van der Waals surface area (Å²) in [6, 6.07) is 5.85. The Bertz CT molecular complexity index is 469. The predicted molar refractivity (Wildman–Crippen MR) is 81.7 cm³/mol. The van der Waals surface area contributed by atoms with Crippen LogP contribution in [-0.4, -0.2) is 43.0 Å². The minimum absolute atomic E-state index is 0.0293. The number of nitrogens with zero attached hydrogens (tertiary/aromatic N) is 1. The predicted octanol–water partition coefficient (Wildman–Crippen LogP) is 2.33. The van der Waals surface area contributed by atoms with Crippen LogP contribution in [0.1, 0.15) is 6.92 Å². The highest BCUT2D eigenvalue weighted by Gasteiger charge is 2.18. The molecular formula is C13H17BrClN3O. The zero-order valence-corrected chi connectivity index (χ0v) is 13.1. The molecule has 6 heteroatoms. The summed E-state index contributed by atoms with van der Waals surface area (Å²) < 4.78 is 0.895. The third-order valence-electron chi connectivity index (χ3n) is 3.03. The first-order valence-electron chi connectivity index (χ1n) is 6.25. The average Bonchev–Trinajstić information content (AvgIpc) is 2.33. The van der Waals surface area contributed by atoms with Gasteiger partial charge in [0, 0.05) is 30.1 Å². The highest BCUT2D eigenvalue weighted by atomic mass is 79.9. The Morgan fingerprint density at radius 1 is 1.63 bits per heavy atom. The second kappa shape index (κ2) is 6.70. The fourth-order valence-electron chi connectivity index (χ4n) is 2.14. The first-order chi connectivity index (χ1) is 9.04. The van der Waals surface area contributed by atoms with Gasteiger partial charge in [0.25, 0.3) is 0 Å². The maximum atomic E-state index is 12.0. The highest BCUT2D eigenvalue weighted by Crippen LogP contribution is 2.25. The first-order valence-corrected chi connectivity index (χ1v) is 7.42. The third-order valence-corrected chi connectivity index (χ3v) is 3.83. The van der Waals surface area contributed by atoms with E-state index < -0.39 is 0 Å². The summed E-state index contributed by atoms with van der Waals surface area (Å²) in [4.78, 5) is 14.1. The molecule has 0 saturated carbocycles. The smallest absolute Gasteiger partial charge is 0.238 e. The molecule has 1 unspecified atom stereocenters. The van der Waals surface area contributed by atoms with Crippen molar-refractivity contribution in [1.82, 2.24) is 10.2 Å². The van der Waals surface area contributed by atoms with Gasteiger partial charge in [0.15, 0.2) is 0 Å². The van der Waals surface area contributed by atoms with E-state index in [9.17, 15) is 4.79 Å². The fourth-order valence-corrected chi connectivity index (χ4v) is 2.86. The molecule has 0 bridgehead atoms. The van der Waals surface area contributed by atoms with Gasteiger partial charge in [-0.1, -0.05) is 27.5 Å². The Morgan fingerprint density at radius 2 is 2.42 bits per heavy atom. The van der Waals surface area contributed by atoms with E-state index in [1.165, 1.54) is 0 Å². The van der Waals surface area contributed by atoms with Crippen LogP contribution in [0.4, 0.5) is 5.69 Å². The van der Waals surface area contributed by atoms with Crippen LogP contribution < -0.4 is 10.6 Å². The Morgan fingerprint density at radius 3 is 3.11 bits per heavy atom. The standard InChI is InChI=1S/C13H17BrClN3O/c1-9-7-18(5-4-16-9)8-13(19)17-12-3-2-10(14)6-11(12)15/h2-3,6,9,16H,4-5,7-8H2,1H3,(H,17,19). The number of amides is 1. The van der Waals surface area contributed by atoms with Crippen LogP contribution in [0, 0.1) is 0 Å². The van der Waals surface area contributed by atoms with Crippen molar-refractivity contribution in [3.63, 3.8) is 0 Å². The van der Waals surface area contributed by atoms with Gasteiger partial charge in [-0.3, -0.25) is 9.69 Å². The maximum Gasteiger partial charge on any atom is 0.238 e. The van der Waals surface area contributed by atoms with Crippen LogP contribution in [-0.2, 0) is 4.79 Å². The van der Waals surface area contributed by atoms with Crippen LogP contribution in [0.15, 0.2) is 22.7 Å². The second-order valence-electron chi connectivity index (χ2n) is 4.76. The number of hydrogen-bond acceptors (Lipinski definition) is 3. The third kappa shape index (κ3) is 4.45. The molecule has 0 aliphatic carbocycles. The van der Waals surface area contributed by atoms with E-state index in [0.29, 0.717) is 23.3 Å². The van der Waals surface area contributed by atoms with Crippen LogP contribution in [0.25, 0.3) is 0 Å². The second-order valence-corrected chi connectivity index (χ2v) is 6.09. The largest absolute Gasteiger partial charge is 0.324 e. The highest BCUT2D eigenvalue weighted by molar-refractivity contribution is 9.10. The van der Waals surface area contributed by atoms with Crippen molar-refractivity contribution in [1.29, 1.82) is 0 Å². The minimum atomic E-state index is -0.0293. The Hall–Kier alpha value is -0.620. The van der Waals surface area contributed by atoms with Gasteiger partial charge in [-0.2, -0.15) is 0 Å². The molecule has 1 fully saturated rings. The van der Waals surface area contributed by atoms with Crippen LogP contribution >= 0.6 is 27.5 Å². The SMILES string of the molecule is CC1CN(CC(=O)Nc2ccc(Br)cc2Cl)CCN1. The van der Waals surface area contributed by atoms with Gasteiger partial charge >= 0.3 is 0 Å². The van der Waals surface area contributed by atoms with Crippen LogP contribution in [0.2, 0.25) is 5.02 Å². The molecule has 4 nitrogen and oxygen atoms in total. The zero-order chi connectivity index (χ0) is 13.8. The van der Waals surface area contributed by atoms with Crippen molar-refractivity contribution in [2.24, 2.45) is 0 Å². The van der Waals surface area contributed by atoms with E-state index in [1.807, 2.05) is 6.07 Å². The Balaban J connectivity index is 1.90. The molecule has 1 saturated heterocycles. The van der Waals surface area contributed by atoms with Crippen molar-refractivity contribution >= 4 is 39.1 Å². The first kappa shape index (κ1) is 14.8. The molecule has 1 atom stereocenters. The molecule has 1 aliphatic rings. The van der Waals surface area contributed by atoms with Crippen LogP contribution in [0.5, 0.6) is 0 Å². The van der Waals surface area contributed by atoms with Gasteiger partial charge in [-0.15, -0.1) is 0 Å². The number of rotatable bonds is 3. The Labute approximate surface area is 126 Å². The molecule has 1 aromatic rings. The van der Waals surface area contributed by atoms with E-state index in [1.54, 1.807) is 12.1 Å². The number of piperazine rings is 1. The minimum Gasteiger partial charge on any atom is -0.324 e. The number of nitrogens with one attached hydrogen (secondary N) is 2. The summed E-state index contributed by atoms with van der Waals surface area (Å²) in [6.45, 7) is 5.23. The lowest BCUT2D eigenvalue weighted by Gasteiger charge is -2.31. The summed E-state index contributed by atoms with van der Waals surface area (Å²) in [5.74, 6) is -0.0293. The molecule has 0 aromatic heterocycles. The summed E-state index contributed by atoms with van der Waals surface area (Å²) in [5, 5.41) is 6.73. The topological polar surface area (TPSA) is 44.4 Å². The maximum absolute atomic E-state index is 12.0. The normalized spacial score (nSPS) is 20.3. The van der Waals surface area contributed by atoms with Gasteiger partial charge in [-0.05, 0) is 25.1 Å². The number of anilines is 1. The van der Waals surface area contributed by atoms with Crippen molar-refractivity contribution < 1.29 is 4.79 Å². The number of halogens is 2. The molecule has 19 heavy (non-hydrogen) atoms. The van der Waals surface area contributed by atoms with Crippen molar-refractivity contribution in [2.75, 3.05) is 31.5 Å². The lowest BCUT2D eigenvalue weighted by Crippen LogP contribution is -2.51. The molecule has 104 valence electrons. The number of benzene rings is 1. The lowest BCUT2D eigenvalue weighted by molar-refractivity contribution is -0.117. The number of hydrogen-bond donors (Lipinski definition) is 2. The quantitative estimate of drug-likeness (QED) is 0.883. The van der Waals surface area contributed by atoms with E-state index in [4.69, 9.17) is 11.6 Å². The van der Waals surface area contributed by atoms with Gasteiger partial charge in [0.2, 0.25) is 5.91 Å². The van der Waals surface area contributed by atoms with Gasteiger partial charge in [0.1, 0.15) is 0 Å². The average molecular weight is 347 g/mol. The van der Waals surface area contributed by atoms with E-state index >= 15 is 0 Å².